The minimum Gasteiger partial charge on any atom is -0.444 e. The zero-order valence-corrected chi connectivity index (χ0v) is 13.6. The van der Waals surface area contributed by atoms with Gasteiger partial charge in [0.15, 0.2) is 0 Å². The summed E-state index contributed by atoms with van der Waals surface area (Å²) in [6, 6.07) is 3.52. The van der Waals surface area contributed by atoms with Crippen LogP contribution in [0.1, 0.15) is 32.9 Å². The molecule has 0 aliphatic carbocycles. The maximum absolute atomic E-state index is 12.4. The summed E-state index contributed by atoms with van der Waals surface area (Å²) in [4.78, 5) is 13.6. The quantitative estimate of drug-likeness (QED) is 0.834. The predicted molar refractivity (Wildman–Crippen MR) is 79.4 cm³/mol. The molecule has 0 saturated carbocycles. The molecular formula is C14H21N3O3S. The van der Waals surface area contributed by atoms with Gasteiger partial charge < -0.3 is 9.64 Å². The Morgan fingerprint density at radius 1 is 1.38 bits per heavy atom. The van der Waals surface area contributed by atoms with Crippen LogP contribution < -0.4 is 0 Å². The summed E-state index contributed by atoms with van der Waals surface area (Å²) in [7, 11) is -1.25. The van der Waals surface area contributed by atoms with Crippen molar-refractivity contribution in [1.82, 2.24) is 15.1 Å². The summed E-state index contributed by atoms with van der Waals surface area (Å²) in [5.74, 6) is 0. The average Bonchev–Trinajstić information content (AvgIpc) is 2.86. The maximum Gasteiger partial charge on any atom is 0.410 e. The van der Waals surface area contributed by atoms with Gasteiger partial charge in [-0.3, -0.25) is 4.21 Å². The first-order valence-corrected chi connectivity index (χ1v) is 8.16. The number of rotatable bonds is 2. The predicted octanol–water partition coefficient (Wildman–Crippen LogP) is 1.90. The highest BCUT2D eigenvalue weighted by atomic mass is 32.2. The highest BCUT2D eigenvalue weighted by molar-refractivity contribution is 7.85. The molecule has 2 heterocycles. The maximum atomic E-state index is 12.4. The molecule has 0 radical (unpaired) electrons. The minimum atomic E-state index is -1.25. The third-order valence-corrected chi connectivity index (χ3v) is 4.70. The number of aryl methyl sites for hydroxylation is 1. The lowest BCUT2D eigenvalue weighted by molar-refractivity contribution is 0.0295. The van der Waals surface area contributed by atoms with Gasteiger partial charge in [0, 0.05) is 13.1 Å². The van der Waals surface area contributed by atoms with E-state index < -0.39 is 16.4 Å². The van der Waals surface area contributed by atoms with E-state index in [1.54, 1.807) is 17.0 Å². The Bertz CT molecular complexity index is 539. The van der Waals surface area contributed by atoms with Crippen molar-refractivity contribution in [2.24, 2.45) is 0 Å². The summed E-state index contributed by atoms with van der Waals surface area (Å²) in [5.41, 5.74) is 0.272. The number of likely N-dealkylation sites (tertiary alicyclic amines) is 1. The fraction of sp³-hybridized carbons (Fsp3) is 0.643. The summed E-state index contributed by atoms with van der Waals surface area (Å²) < 4.78 is 17.8. The van der Waals surface area contributed by atoms with E-state index in [4.69, 9.17) is 4.74 Å². The number of aromatic nitrogens is 2. The van der Waals surface area contributed by atoms with Gasteiger partial charge in [-0.2, -0.15) is 5.10 Å². The number of amides is 1. The molecule has 1 aromatic heterocycles. The van der Waals surface area contributed by atoms with Gasteiger partial charge in [0.05, 0.1) is 21.7 Å². The first kappa shape index (κ1) is 15.9. The summed E-state index contributed by atoms with van der Waals surface area (Å²) in [6.45, 7) is 8.32. The van der Waals surface area contributed by atoms with Crippen molar-refractivity contribution in [2.75, 3.05) is 13.1 Å². The lowest BCUT2D eigenvalue weighted by atomic mass is 10.2. The van der Waals surface area contributed by atoms with Crippen molar-refractivity contribution >= 4 is 16.9 Å². The first-order chi connectivity index (χ1) is 9.76. The van der Waals surface area contributed by atoms with Gasteiger partial charge in [0.1, 0.15) is 10.6 Å². The van der Waals surface area contributed by atoms with E-state index in [1.165, 1.54) is 0 Å². The summed E-state index contributed by atoms with van der Waals surface area (Å²) in [5, 5.41) is 8.25. The van der Waals surface area contributed by atoms with Crippen LogP contribution in [0.4, 0.5) is 4.79 Å². The molecule has 116 valence electrons. The number of carbonyl (C=O) groups excluding carboxylic acids is 1. The van der Waals surface area contributed by atoms with Crippen LogP contribution in [0.25, 0.3) is 0 Å². The normalized spacial score (nSPS) is 20.4. The molecule has 2 rings (SSSR count). The lowest BCUT2D eigenvalue weighted by Gasteiger charge is -2.24. The van der Waals surface area contributed by atoms with Gasteiger partial charge in [-0.25, -0.2) is 4.79 Å². The smallest absolute Gasteiger partial charge is 0.410 e. The molecule has 6 nitrogen and oxygen atoms in total. The van der Waals surface area contributed by atoms with Crippen LogP contribution in [-0.4, -0.2) is 49.3 Å². The largest absolute Gasteiger partial charge is 0.444 e. The van der Waals surface area contributed by atoms with E-state index in [2.05, 4.69) is 10.2 Å². The summed E-state index contributed by atoms with van der Waals surface area (Å²) >= 11 is 0. The molecule has 1 unspecified atom stereocenters. The Morgan fingerprint density at radius 2 is 2.10 bits per heavy atom. The van der Waals surface area contributed by atoms with Crippen LogP contribution in [0.2, 0.25) is 0 Å². The SMILES string of the molecule is Cc1ccc(S(=O)[C@H]2CCN(C(=O)OC(C)(C)C)C2)nn1. The zero-order chi connectivity index (χ0) is 15.6. The standard InChI is InChI=1S/C14H21N3O3S/c1-10-5-6-12(16-15-10)21(19)11-7-8-17(9-11)13(18)20-14(2,3)4/h5-6,11H,7-9H2,1-4H3/t11-,21?/m0/s1. The molecule has 7 heteroatoms. The van der Waals surface area contributed by atoms with Gasteiger partial charge >= 0.3 is 6.09 Å². The Hall–Kier alpha value is -1.50. The molecule has 1 aliphatic rings. The first-order valence-electron chi connectivity index (χ1n) is 6.95. The molecule has 0 N–H and O–H groups in total. The zero-order valence-electron chi connectivity index (χ0n) is 12.8. The molecule has 1 saturated heterocycles. The van der Waals surface area contributed by atoms with Crippen LogP contribution in [0.3, 0.4) is 0 Å². The molecule has 21 heavy (non-hydrogen) atoms. The number of ether oxygens (including phenoxy) is 1. The second kappa shape index (κ2) is 6.09. The van der Waals surface area contributed by atoms with Gasteiger partial charge in [-0.05, 0) is 46.2 Å². The van der Waals surface area contributed by atoms with E-state index in [0.29, 0.717) is 24.5 Å². The van der Waals surface area contributed by atoms with Crippen molar-refractivity contribution in [1.29, 1.82) is 0 Å². The average molecular weight is 311 g/mol. The van der Waals surface area contributed by atoms with E-state index >= 15 is 0 Å². The Balaban J connectivity index is 1.97. The molecule has 0 aromatic carbocycles. The fourth-order valence-electron chi connectivity index (χ4n) is 2.06. The Labute approximate surface area is 127 Å². The molecule has 2 atom stereocenters. The van der Waals surface area contributed by atoms with Crippen LogP contribution in [-0.2, 0) is 15.5 Å². The number of hydrogen-bond donors (Lipinski definition) is 0. The highest BCUT2D eigenvalue weighted by Gasteiger charge is 2.33. The fourth-order valence-corrected chi connectivity index (χ4v) is 3.36. The molecule has 0 bridgehead atoms. The third-order valence-electron chi connectivity index (χ3n) is 3.08. The van der Waals surface area contributed by atoms with Gasteiger partial charge in [0.2, 0.25) is 0 Å². The van der Waals surface area contributed by atoms with Crippen molar-refractivity contribution in [2.45, 2.75) is 50.0 Å². The molecule has 1 aliphatic heterocycles. The van der Waals surface area contributed by atoms with E-state index in [-0.39, 0.29) is 11.3 Å². The van der Waals surface area contributed by atoms with Gasteiger partial charge in [0.25, 0.3) is 0 Å². The van der Waals surface area contributed by atoms with Crippen molar-refractivity contribution < 1.29 is 13.7 Å². The van der Waals surface area contributed by atoms with E-state index in [0.717, 1.165) is 5.69 Å². The topological polar surface area (TPSA) is 72.4 Å². The molecular weight excluding hydrogens is 290 g/mol. The lowest BCUT2D eigenvalue weighted by Crippen LogP contribution is -2.36. The monoisotopic (exact) mass is 311 g/mol. The van der Waals surface area contributed by atoms with Crippen LogP contribution in [0, 0.1) is 6.92 Å². The van der Waals surface area contributed by atoms with Crippen LogP contribution in [0.5, 0.6) is 0 Å². The molecule has 1 fully saturated rings. The Kier molecular flexibility index (Phi) is 4.61. The van der Waals surface area contributed by atoms with Crippen molar-refractivity contribution in [3.05, 3.63) is 17.8 Å². The van der Waals surface area contributed by atoms with E-state index in [9.17, 15) is 9.00 Å². The molecule has 0 spiro atoms. The second-order valence-corrected chi connectivity index (χ2v) is 7.83. The molecule has 1 amide bonds. The third kappa shape index (κ3) is 4.23. The van der Waals surface area contributed by atoms with Gasteiger partial charge in [-0.15, -0.1) is 5.10 Å². The number of carbonyl (C=O) groups is 1. The minimum absolute atomic E-state index is 0.116. The summed E-state index contributed by atoms with van der Waals surface area (Å²) in [6.07, 6.45) is 0.332. The Morgan fingerprint density at radius 3 is 2.67 bits per heavy atom. The van der Waals surface area contributed by atoms with Crippen LogP contribution >= 0.6 is 0 Å². The van der Waals surface area contributed by atoms with Gasteiger partial charge in [-0.1, -0.05) is 0 Å². The number of nitrogens with zero attached hydrogens (tertiary/aromatic N) is 3. The van der Waals surface area contributed by atoms with Crippen molar-refractivity contribution in [3.63, 3.8) is 0 Å². The second-order valence-electron chi connectivity index (χ2n) is 6.15. The van der Waals surface area contributed by atoms with Crippen LogP contribution in [0.15, 0.2) is 17.2 Å². The highest BCUT2D eigenvalue weighted by Crippen LogP contribution is 2.21. The number of hydrogen-bond acceptors (Lipinski definition) is 5. The van der Waals surface area contributed by atoms with E-state index in [1.807, 2.05) is 27.7 Å². The van der Waals surface area contributed by atoms with Crippen molar-refractivity contribution in [3.8, 4) is 0 Å². The molecule has 1 aromatic rings.